The summed E-state index contributed by atoms with van der Waals surface area (Å²) in [6, 6.07) is 1.73. The van der Waals surface area contributed by atoms with Gasteiger partial charge in [-0.25, -0.2) is 8.78 Å². The van der Waals surface area contributed by atoms with Gasteiger partial charge in [-0.2, -0.15) is 5.26 Å². The lowest BCUT2D eigenvalue weighted by atomic mass is 10.2. The zero-order valence-electron chi connectivity index (χ0n) is 7.65. The predicted molar refractivity (Wildman–Crippen MR) is 52.9 cm³/mol. The topological polar surface area (TPSA) is 79.8 Å². The van der Waals surface area contributed by atoms with Crippen LogP contribution < -0.4 is 0 Å². The molecule has 0 amide bonds. The van der Waals surface area contributed by atoms with E-state index in [9.17, 15) is 18.9 Å². The van der Waals surface area contributed by atoms with Crippen molar-refractivity contribution in [1.29, 1.82) is 5.26 Å². The van der Waals surface area contributed by atoms with E-state index in [2.05, 4.69) is 20.9 Å². The number of nitro groups is 1. The Bertz CT molecular complexity index is 473. The van der Waals surface area contributed by atoms with Gasteiger partial charge in [-0.15, -0.1) is 0 Å². The van der Waals surface area contributed by atoms with Gasteiger partial charge >= 0.3 is 0 Å². The summed E-state index contributed by atoms with van der Waals surface area (Å²) in [5.41, 5.74) is -1.45. The van der Waals surface area contributed by atoms with Crippen molar-refractivity contribution in [3.05, 3.63) is 32.0 Å². The number of halogens is 3. The molecule has 0 radical (unpaired) electrons. The van der Waals surface area contributed by atoms with E-state index in [4.69, 9.17) is 5.26 Å². The fourth-order valence-electron chi connectivity index (χ4n) is 1.08. The lowest BCUT2D eigenvalue weighted by Gasteiger charge is -2.06. The Kier molecular flexibility index (Phi) is 3.84. The highest BCUT2D eigenvalue weighted by atomic mass is 79.9. The van der Waals surface area contributed by atoms with E-state index in [0.29, 0.717) is 0 Å². The van der Waals surface area contributed by atoms with Gasteiger partial charge in [0, 0.05) is 0 Å². The molecular formula is C8H4BrF2N3O2. The molecule has 0 saturated carbocycles. The summed E-state index contributed by atoms with van der Waals surface area (Å²) in [5, 5.41) is 18.9. The smallest absolute Gasteiger partial charge is 0.258 e. The van der Waals surface area contributed by atoms with Crippen LogP contribution in [0.25, 0.3) is 0 Å². The summed E-state index contributed by atoms with van der Waals surface area (Å²) in [6.45, 7) is 0. The lowest BCUT2D eigenvalue weighted by Crippen LogP contribution is -2.02. The van der Waals surface area contributed by atoms with Gasteiger partial charge < -0.3 is 0 Å². The van der Waals surface area contributed by atoms with E-state index in [1.807, 2.05) is 0 Å². The third-order valence-electron chi connectivity index (χ3n) is 1.77. The molecular weight excluding hydrogens is 288 g/mol. The molecule has 1 aromatic rings. The van der Waals surface area contributed by atoms with E-state index in [-0.39, 0.29) is 16.6 Å². The summed E-state index contributed by atoms with van der Waals surface area (Å²) in [5.74, 6) is 0. The first-order valence-electron chi connectivity index (χ1n) is 3.95. The van der Waals surface area contributed by atoms with Crippen LogP contribution in [0.4, 0.5) is 14.5 Å². The maximum Gasteiger partial charge on any atom is 0.297 e. The maximum absolute atomic E-state index is 12.6. The summed E-state index contributed by atoms with van der Waals surface area (Å²) in [6.07, 6.45) is -2.47. The molecule has 16 heavy (non-hydrogen) atoms. The zero-order chi connectivity index (χ0) is 12.3. The molecule has 0 saturated heterocycles. The molecule has 84 valence electrons. The van der Waals surface area contributed by atoms with Crippen molar-refractivity contribution in [2.24, 2.45) is 0 Å². The van der Waals surface area contributed by atoms with Crippen LogP contribution in [0.3, 0.4) is 0 Å². The average Bonchev–Trinajstić information content (AvgIpc) is 2.20. The molecule has 0 unspecified atom stereocenters. The average molecular weight is 292 g/mol. The molecule has 8 heteroatoms. The second kappa shape index (κ2) is 4.94. The first-order valence-corrected chi connectivity index (χ1v) is 4.75. The Labute approximate surface area is 97.0 Å². The number of nitriles is 1. The van der Waals surface area contributed by atoms with Gasteiger partial charge in [0.15, 0.2) is 0 Å². The van der Waals surface area contributed by atoms with E-state index < -0.39 is 22.6 Å². The van der Waals surface area contributed by atoms with Gasteiger partial charge in [-0.1, -0.05) is 0 Å². The summed E-state index contributed by atoms with van der Waals surface area (Å²) in [7, 11) is 0. The van der Waals surface area contributed by atoms with Gasteiger partial charge in [0.05, 0.1) is 27.6 Å². The third-order valence-corrected chi connectivity index (χ3v) is 2.65. The Hall–Kier alpha value is -1.62. The molecule has 0 aromatic carbocycles. The highest BCUT2D eigenvalue weighted by Crippen LogP contribution is 2.36. The van der Waals surface area contributed by atoms with Gasteiger partial charge in [-0.3, -0.25) is 15.1 Å². The fraction of sp³-hybridized carbons (Fsp3) is 0.250. The van der Waals surface area contributed by atoms with Crippen LogP contribution >= 0.6 is 15.9 Å². The zero-order valence-corrected chi connectivity index (χ0v) is 9.24. The Morgan fingerprint density at radius 2 is 2.31 bits per heavy atom. The second-order valence-electron chi connectivity index (χ2n) is 2.71. The van der Waals surface area contributed by atoms with Crippen LogP contribution in [0.2, 0.25) is 0 Å². The Balaban J connectivity index is 3.43. The third kappa shape index (κ3) is 2.30. The monoisotopic (exact) mass is 291 g/mol. The van der Waals surface area contributed by atoms with E-state index in [0.717, 1.165) is 6.20 Å². The minimum absolute atomic E-state index is 0.0587. The van der Waals surface area contributed by atoms with E-state index >= 15 is 0 Å². The lowest BCUT2D eigenvalue weighted by molar-refractivity contribution is -0.386. The number of alkyl halides is 2. The summed E-state index contributed by atoms with van der Waals surface area (Å²) < 4.78 is 25.1. The van der Waals surface area contributed by atoms with Crippen molar-refractivity contribution in [2.75, 3.05) is 0 Å². The fourth-order valence-corrected chi connectivity index (χ4v) is 1.70. The van der Waals surface area contributed by atoms with Crippen molar-refractivity contribution in [2.45, 2.75) is 12.8 Å². The molecule has 0 aliphatic heterocycles. The number of hydrogen-bond acceptors (Lipinski definition) is 4. The maximum atomic E-state index is 12.6. The van der Waals surface area contributed by atoms with Crippen molar-refractivity contribution >= 4 is 21.6 Å². The van der Waals surface area contributed by atoms with Crippen molar-refractivity contribution < 1.29 is 13.7 Å². The number of pyridine rings is 1. The number of aromatic nitrogens is 1. The minimum atomic E-state index is -3.00. The molecule has 0 bridgehead atoms. The molecule has 0 atom stereocenters. The molecule has 1 rings (SSSR count). The van der Waals surface area contributed by atoms with E-state index in [1.165, 1.54) is 0 Å². The minimum Gasteiger partial charge on any atom is -0.258 e. The second-order valence-corrected chi connectivity index (χ2v) is 3.50. The number of nitrogens with zero attached hydrogens (tertiary/aromatic N) is 3. The van der Waals surface area contributed by atoms with Crippen molar-refractivity contribution in [3.63, 3.8) is 0 Å². The van der Waals surface area contributed by atoms with Crippen LogP contribution in [0.15, 0.2) is 10.7 Å². The standard InChI is InChI=1S/C8H4BrF2N3O2/c9-7-4(1-2-12)13-3-5(14(15)16)6(7)8(10)11/h3,8H,1H2. The van der Waals surface area contributed by atoms with Crippen LogP contribution in [0.1, 0.15) is 17.7 Å². The van der Waals surface area contributed by atoms with Crippen molar-refractivity contribution in [3.8, 4) is 6.07 Å². The van der Waals surface area contributed by atoms with Crippen molar-refractivity contribution in [1.82, 2.24) is 4.98 Å². The highest BCUT2D eigenvalue weighted by molar-refractivity contribution is 9.10. The van der Waals surface area contributed by atoms with Crippen LogP contribution in [-0.2, 0) is 6.42 Å². The largest absolute Gasteiger partial charge is 0.297 e. The molecule has 0 aliphatic carbocycles. The summed E-state index contributed by atoms with van der Waals surface area (Å²) >= 11 is 2.80. The first kappa shape index (κ1) is 12.4. The van der Waals surface area contributed by atoms with Crippen LogP contribution in [0, 0.1) is 21.4 Å². The molecule has 1 aromatic heterocycles. The quantitative estimate of drug-likeness (QED) is 0.633. The Morgan fingerprint density at radius 3 is 2.75 bits per heavy atom. The summed E-state index contributed by atoms with van der Waals surface area (Å²) in [4.78, 5) is 13.1. The van der Waals surface area contributed by atoms with Gasteiger partial charge in [0.1, 0.15) is 11.8 Å². The van der Waals surface area contributed by atoms with Gasteiger partial charge in [0.25, 0.3) is 12.1 Å². The SMILES string of the molecule is N#CCc1ncc([N+](=O)[O-])c(C(F)F)c1Br. The van der Waals surface area contributed by atoms with Gasteiger partial charge in [0.2, 0.25) is 0 Å². The molecule has 0 spiro atoms. The van der Waals surface area contributed by atoms with Crippen LogP contribution in [0.5, 0.6) is 0 Å². The van der Waals surface area contributed by atoms with Gasteiger partial charge in [-0.05, 0) is 15.9 Å². The molecule has 0 fully saturated rings. The normalized spacial score (nSPS) is 10.2. The molecule has 5 nitrogen and oxygen atoms in total. The first-order chi connectivity index (χ1) is 7.49. The van der Waals surface area contributed by atoms with Crippen LogP contribution in [-0.4, -0.2) is 9.91 Å². The number of hydrogen-bond donors (Lipinski definition) is 0. The highest BCUT2D eigenvalue weighted by Gasteiger charge is 2.27. The molecule has 0 N–H and O–H groups in total. The number of rotatable bonds is 3. The molecule has 1 heterocycles. The van der Waals surface area contributed by atoms with E-state index in [1.54, 1.807) is 6.07 Å². The Morgan fingerprint density at radius 1 is 1.69 bits per heavy atom. The predicted octanol–water partition coefficient (Wildman–Crippen LogP) is 2.76. The molecule has 0 aliphatic rings.